The second kappa shape index (κ2) is 5.65. The van der Waals surface area contributed by atoms with Crippen LogP contribution in [0.2, 0.25) is 0 Å². The van der Waals surface area contributed by atoms with Crippen molar-refractivity contribution in [3.8, 4) is 0 Å². The first kappa shape index (κ1) is 13.3. The van der Waals surface area contributed by atoms with Gasteiger partial charge in [0.1, 0.15) is 6.33 Å². The fourth-order valence-corrected chi connectivity index (χ4v) is 1.94. The van der Waals surface area contributed by atoms with E-state index in [1.165, 1.54) is 16.8 Å². The third-order valence-electron chi connectivity index (χ3n) is 3.31. The number of anilines is 1. The van der Waals surface area contributed by atoms with Crippen LogP contribution in [0.5, 0.6) is 0 Å². The topological polar surface area (TPSA) is 61.9 Å². The normalized spacial score (nSPS) is 12.2. The molecule has 0 bridgehead atoms. The number of rotatable bonds is 4. The summed E-state index contributed by atoms with van der Waals surface area (Å²) in [5, 5.41) is 6.44. The van der Waals surface area contributed by atoms with Gasteiger partial charge in [-0.05, 0) is 24.5 Å². The molecular formula is C14H18N4O. The summed E-state index contributed by atoms with van der Waals surface area (Å²) < 4.78 is 0. The van der Waals surface area contributed by atoms with Crippen LogP contribution < -0.4 is 4.90 Å². The van der Waals surface area contributed by atoms with Crippen LogP contribution in [0.15, 0.2) is 30.6 Å². The lowest BCUT2D eigenvalue weighted by Crippen LogP contribution is -2.31. The minimum Gasteiger partial charge on any atom is -0.284 e. The van der Waals surface area contributed by atoms with Crippen molar-refractivity contribution in [1.82, 2.24) is 15.2 Å². The number of carbonyl (C=O) groups is 1. The number of aromatic amines is 1. The zero-order valence-corrected chi connectivity index (χ0v) is 11.4. The number of hydrogen-bond donors (Lipinski definition) is 1. The molecule has 0 saturated carbocycles. The van der Waals surface area contributed by atoms with Gasteiger partial charge in [0, 0.05) is 7.05 Å². The van der Waals surface area contributed by atoms with E-state index in [0.717, 1.165) is 12.0 Å². The molecule has 1 unspecified atom stereocenters. The zero-order chi connectivity index (χ0) is 13.8. The smallest absolute Gasteiger partial charge is 0.236 e. The second-order valence-corrected chi connectivity index (χ2v) is 4.52. The lowest BCUT2D eigenvalue weighted by Gasteiger charge is -2.19. The Labute approximate surface area is 112 Å². The maximum Gasteiger partial charge on any atom is 0.236 e. The number of likely N-dealkylation sites (N-methyl/N-ethyl adjacent to an activating group) is 1. The van der Waals surface area contributed by atoms with Crippen molar-refractivity contribution >= 4 is 11.9 Å². The molecule has 1 aromatic heterocycles. The molecule has 2 rings (SSSR count). The van der Waals surface area contributed by atoms with E-state index in [4.69, 9.17) is 0 Å². The van der Waals surface area contributed by atoms with E-state index in [1.54, 1.807) is 7.05 Å². The molecule has 5 heteroatoms. The van der Waals surface area contributed by atoms with Gasteiger partial charge in [-0.1, -0.05) is 31.2 Å². The number of nitrogens with one attached hydrogen (secondary N) is 1. The van der Waals surface area contributed by atoms with Gasteiger partial charge in [0.05, 0.1) is 5.92 Å². The number of aromatic nitrogens is 3. The van der Waals surface area contributed by atoms with Crippen LogP contribution in [0.1, 0.15) is 30.9 Å². The van der Waals surface area contributed by atoms with Crippen LogP contribution >= 0.6 is 0 Å². The van der Waals surface area contributed by atoms with Crippen molar-refractivity contribution in [2.45, 2.75) is 26.2 Å². The summed E-state index contributed by atoms with van der Waals surface area (Å²) in [4.78, 5) is 17.8. The van der Waals surface area contributed by atoms with Crippen LogP contribution in [-0.2, 0) is 11.2 Å². The molecule has 0 spiro atoms. The summed E-state index contributed by atoms with van der Waals surface area (Å²) in [5.74, 6) is 0.240. The Morgan fingerprint density at radius 2 is 2.05 bits per heavy atom. The van der Waals surface area contributed by atoms with Crippen LogP contribution in [-0.4, -0.2) is 28.1 Å². The van der Waals surface area contributed by atoms with Crippen molar-refractivity contribution in [3.63, 3.8) is 0 Å². The molecule has 1 N–H and O–H groups in total. The third-order valence-corrected chi connectivity index (χ3v) is 3.31. The molecule has 5 nitrogen and oxygen atoms in total. The van der Waals surface area contributed by atoms with Gasteiger partial charge in [-0.2, -0.15) is 10.1 Å². The Balaban J connectivity index is 2.14. The highest BCUT2D eigenvalue weighted by Gasteiger charge is 2.21. The van der Waals surface area contributed by atoms with Gasteiger partial charge in [-0.15, -0.1) is 0 Å². The number of amides is 1. The molecule has 0 radical (unpaired) electrons. The van der Waals surface area contributed by atoms with E-state index in [2.05, 4.69) is 34.2 Å². The molecule has 0 fully saturated rings. The standard InChI is InChI=1S/C14H18N4O/c1-4-11-5-7-12(8-6-11)10(2)13(19)18(3)14-15-9-16-17-14/h5-10H,4H2,1-3H3,(H,15,16,17). The number of carbonyl (C=O) groups excluding carboxylic acids is 1. The van der Waals surface area contributed by atoms with Gasteiger partial charge >= 0.3 is 0 Å². The molecule has 0 aliphatic heterocycles. The Kier molecular flexibility index (Phi) is 3.94. The number of aryl methyl sites for hydroxylation is 1. The van der Waals surface area contributed by atoms with Gasteiger partial charge in [-0.25, -0.2) is 5.10 Å². The molecule has 0 saturated heterocycles. The Bertz CT molecular complexity index is 533. The fourth-order valence-electron chi connectivity index (χ4n) is 1.94. The van der Waals surface area contributed by atoms with Crippen LogP contribution in [0.25, 0.3) is 0 Å². The second-order valence-electron chi connectivity index (χ2n) is 4.52. The van der Waals surface area contributed by atoms with E-state index in [1.807, 2.05) is 19.1 Å². The lowest BCUT2D eigenvalue weighted by molar-refractivity contribution is -0.119. The van der Waals surface area contributed by atoms with Gasteiger partial charge < -0.3 is 0 Å². The number of H-pyrrole nitrogens is 1. The summed E-state index contributed by atoms with van der Waals surface area (Å²) in [5.41, 5.74) is 2.28. The SMILES string of the molecule is CCc1ccc(C(C)C(=O)N(C)c2ncn[nH]2)cc1. The minimum atomic E-state index is -0.207. The predicted molar refractivity (Wildman–Crippen MR) is 74.0 cm³/mol. The van der Waals surface area contributed by atoms with Crippen molar-refractivity contribution in [1.29, 1.82) is 0 Å². The molecule has 0 aliphatic carbocycles. The number of benzene rings is 1. The number of hydrogen-bond acceptors (Lipinski definition) is 3. The van der Waals surface area contributed by atoms with Crippen LogP contribution in [0, 0.1) is 0 Å². The van der Waals surface area contributed by atoms with E-state index in [-0.39, 0.29) is 11.8 Å². The fraction of sp³-hybridized carbons (Fsp3) is 0.357. The first-order chi connectivity index (χ1) is 9.13. The molecule has 1 heterocycles. The third kappa shape index (κ3) is 2.81. The van der Waals surface area contributed by atoms with Crippen molar-refractivity contribution in [2.75, 3.05) is 11.9 Å². The van der Waals surface area contributed by atoms with Gasteiger partial charge in [0.2, 0.25) is 11.9 Å². The first-order valence-electron chi connectivity index (χ1n) is 6.35. The Morgan fingerprint density at radius 3 is 2.58 bits per heavy atom. The van der Waals surface area contributed by atoms with Crippen molar-refractivity contribution in [2.24, 2.45) is 0 Å². The van der Waals surface area contributed by atoms with Gasteiger partial charge in [0.15, 0.2) is 0 Å². The molecule has 2 aromatic rings. The van der Waals surface area contributed by atoms with E-state index >= 15 is 0 Å². The molecule has 19 heavy (non-hydrogen) atoms. The number of nitrogens with zero attached hydrogens (tertiary/aromatic N) is 3. The Hall–Kier alpha value is -2.17. The van der Waals surface area contributed by atoms with Gasteiger partial charge in [0.25, 0.3) is 0 Å². The molecular weight excluding hydrogens is 240 g/mol. The van der Waals surface area contributed by atoms with Crippen LogP contribution in [0.4, 0.5) is 5.95 Å². The maximum atomic E-state index is 12.3. The molecule has 1 atom stereocenters. The summed E-state index contributed by atoms with van der Waals surface area (Å²) in [6.45, 7) is 4.01. The first-order valence-corrected chi connectivity index (χ1v) is 6.35. The molecule has 1 amide bonds. The zero-order valence-electron chi connectivity index (χ0n) is 11.4. The molecule has 1 aromatic carbocycles. The highest BCUT2D eigenvalue weighted by Crippen LogP contribution is 2.20. The van der Waals surface area contributed by atoms with Gasteiger partial charge in [-0.3, -0.25) is 9.69 Å². The van der Waals surface area contributed by atoms with Crippen molar-refractivity contribution < 1.29 is 4.79 Å². The molecule has 0 aliphatic rings. The average Bonchev–Trinajstić information content (AvgIpc) is 2.99. The van der Waals surface area contributed by atoms with Crippen molar-refractivity contribution in [3.05, 3.63) is 41.7 Å². The maximum absolute atomic E-state index is 12.3. The van der Waals surface area contributed by atoms with E-state index in [0.29, 0.717) is 5.95 Å². The Morgan fingerprint density at radius 1 is 1.37 bits per heavy atom. The van der Waals surface area contributed by atoms with E-state index < -0.39 is 0 Å². The summed E-state index contributed by atoms with van der Waals surface area (Å²) in [6.07, 6.45) is 2.39. The summed E-state index contributed by atoms with van der Waals surface area (Å²) >= 11 is 0. The van der Waals surface area contributed by atoms with E-state index in [9.17, 15) is 4.79 Å². The highest BCUT2D eigenvalue weighted by atomic mass is 16.2. The molecule has 100 valence electrons. The lowest BCUT2D eigenvalue weighted by atomic mass is 9.98. The average molecular weight is 258 g/mol. The highest BCUT2D eigenvalue weighted by molar-refractivity contribution is 5.95. The van der Waals surface area contributed by atoms with Crippen LogP contribution in [0.3, 0.4) is 0 Å². The predicted octanol–water partition coefficient (Wildman–Crippen LogP) is 2.13. The quantitative estimate of drug-likeness (QED) is 0.913. The summed E-state index contributed by atoms with van der Waals surface area (Å²) in [7, 11) is 1.69. The summed E-state index contributed by atoms with van der Waals surface area (Å²) in [6, 6.07) is 8.15. The largest absolute Gasteiger partial charge is 0.284 e. The minimum absolute atomic E-state index is 0.0130. The monoisotopic (exact) mass is 258 g/mol.